The van der Waals surface area contributed by atoms with Crippen molar-refractivity contribution in [1.29, 1.82) is 0 Å². The molecule has 1 heterocycles. The Balaban J connectivity index is 2.02. The molecule has 0 N–H and O–H groups in total. The molecule has 0 aliphatic rings. The van der Waals surface area contributed by atoms with Crippen LogP contribution in [0.5, 0.6) is 0 Å². The minimum absolute atomic E-state index is 1.21. The first kappa shape index (κ1) is 11.7. The lowest BCUT2D eigenvalue weighted by atomic mass is 10.1. The van der Waals surface area contributed by atoms with E-state index in [2.05, 4.69) is 30.0 Å². The standard InChI is InChI=1S/C12H22NS/c1-3-4-5-6-7-8-9-13-10-11-14-12(13)2/h10-11H,3-9H2,1-2H3/q+1. The summed E-state index contributed by atoms with van der Waals surface area (Å²) in [5.74, 6) is 0. The van der Waals surface area contributed by atoms with E-state index in [9.17, 15) is 0 Å². The van der Waals surface area contributed by atoms with Gasteiger partial charge in [-0.3, -0.25) is 0 Å². The lowest BCUT2D eigenvalue weighted by Crippen LogP contribution is -2.33. The smallest absolute Gasteiger partial charge is 0.193 e. The predicted molar refractivity (Wildman–Crippen MR) is 62.6 cm³/mol. The highest BCUT2D eigenvalue weighted by Gasteiger charge is 2.05. The van der Waals surface area contributed by atoms with E-state index in [1.807, 2.05) is 11.3 Å². The van der Waals surface area contributed by atoms with Crippen LogP contribution >= 0.6 is 11.3 Å². The highest BCUT2D eigenvalue weighted by molar-refractivity contribution is 7.09. The minimum Gasteiger partial charge on any atom is -0.193 e. The molecule has 0 aliphatic heterocycles. The Morgan fingerprint density at radius 1 is 1.14 bits per heavy atom. The fraction of sp³-hybridized carbons (Fsp3) is 0.750. The molecule has 0 bridgehead atoms. The van der Waals surface area contributed by atoms with Crippen LogP contribution < -0.4 is 4.57 Å². The summed E-state index contributed by atoms with van der Waals surface area (Å²) in [7, 11) is 0. The van der Waals surface area contributed by atoms with Gasteiger partial charge >= 0.3 is 0 Å². The van der Waals surface area contributed by atoms with Crippen LogP contribution in [0.1, 0.15) is 50.5 Å². The number of hydrogen-bond acceptors (Lipinski definition) is 1. The number of rotatable bonds is 7. The number of aryl methyl sites for hydroxylation is 2. The molecule has 0 spiro atoms. The van der Waals surface area contributed by atoms with Crippen molar-refractivity contribution in [1.82, 2.24) is 0 Å². The Morgan fingerprint density at radius 2 is 1.86 bits per heavy atom. The van der Waals surface area contributed by atoms with Crippen molar-refractivity contribution in [3.8, 4) is 0 Å². The van der Waals surface area contributed by atoms with Gasteiger partial charge < -0.3 is 0 Å². The Hall–Kier alpha value is -0.370. The van der Waals surface area contributed by atoms with Gasteiger partial charge in [0.25, 0.3) is 0 Å². The van der Waals surface area contributed by atoms with Gasteiger partial charge in [0.05, 0.1) is 5.38 Å². The molecule has 0 radical (unpaired) electrons. The Labute approximate surface area is 91.8 Å². The van der Waals surface area contributed by atoms with Gasteiger partial charge in [-0.2, -0.15) is 4.57 Å². The highest BCUT2D eigenvalue weighted by Crippen LogP contribution is 2.06. The molecule has 2 heteroatoms. The zero-order valence-corrected chi connectivity index (χ0v) is 10.3. The van der Waals surface area contributed by atoms with Crippen molar-refractivity contribution in [2.75, 3.05) is 0 Å². The van der Waals surface area contributed by atoms with Crippen LogP contribution in [0.25, 0.3) is 0 Å². The molecule has 0 aromatic carbocycles. The average Bonchev–Trinajstić information content (AvgIpc) is 2.58. The van der Waals surface area contributed by atoms with Crippen LogP contribution in [0.15, 0.2) is 11.6 Å². The number of aromatic nitrogens is 1. The summed E-state index contributed by atoms with van der Waals surface area (Å²) < 4.78 is 2.37. The van der Waals surface area contributed by atoms with E-state index < -0.39 is 0 Å². The summed E-state index contributed by atoms with van der Waals surface area (Å²) in [4.78, 5) is 0. The van der Waals surface area contributed by atoms with Crippen molar-refractivity contribution in [3.63, 3.8) is 0 Å². The second kappa shape index (κ2) is 6.99. The molecule has 1 aromatic heterocycles. The third kappa shape index (κ3) is 4.23. The van der Waals surface area contributed by atoms with Gasteiger partial charge in [-0.05, 0) is 6.42 Å². The summed E-state index contributed by atoms with van der Waals surface area (Å²) in [5, 5.41) is 3.60. The molecule has 0 amide bonds. The molecule has 0 aliphatic carbocycles. The lowest BCUT2D eigenvalue weighted by Gasteiger charge is -1.97. The van der Waals surface area contributed by atoms with Crippen molar-refractivity contribution >= 4 is 11.3 Å². The summed E-state index contributed by atoms with van der Waals surface area (Å²) >= 11 is 1.84. The van der Waals surface area contributed by atoms with Crippen LogP contribution in [0.4, 0.5) is 0 Å². The Kier molecular flexibility index (Phi) is 5.85. The van der Waals surface area contributed by atoms with Gasteiger partial charge in [0.1, 0.15) is 6.54 Å². The quantitative estimate of drug-likeness (QED) is 0.479. The second-order valence-electron chi connectivity index (χ2n) is 3.88. The third-order valence-electron chi connectivity index (χ3n) is 2.64. The first-order valence-corrected chi connectivity index (χ1v) is 6.66. The van der Waals surface area contributed by atoms with E-state index in [0.717, 1.165) is 0 Å². The van der Waals surface area contributed by atoms with E-state index in [4.69, 9.17) is 0 Å². The third-order valence-corrected chi connectivity index (χ3v) is 3.47. The van der Waals surface area contributed by atoms with Crippen molar-refractivity contribution in [3.05, 3.63) is 16.6 Å². The number of thiazole rings is 1. The van der Waals surface area contributed by atoms with Gasteiger partial charge in [-0.15, -0.1) is 0 Å². The maximum Gasteiger partial charge on any atom is 0.234 e. The molecule has 0 fully saturated rings. The van der Waals surface area contributed by atoms with E-state index in [-0.39, 0.29) is 0 Å². The topological polar surface area (TPSA) is 3.88 Å². The lowest BCUT2D eigenvalue weighted by molar-refractivity contribution is -0.698. The van der Waals surface area contributed by atoms with Crippen LogP contribution in [0.3, 0.4) is 0 Å². The van der Waals surface area contributed by atoms with E-state index >= 15 is 0 Å². The average molecular weight is 212 g/mol. The van der Waals surface area contributed by atoms with E-state index in [1.54, 1.807) is 0 Å². The molecule has 0 unspecified atom stereocenters. The van der Waals surface area contributed by atoms with Crippen molar-refractivity contribution in [2.24, 2.45) is 0 Å². The summed E-state index contributed by atoms with van der Waals surface area (Å²) in [5.41, 5.74) is 0. The largest absolute Gasteiger partial charge is 0.234 e. The molecule has 14 heavy (non-hydrogen) atoms. The predicted octanol–water partition coefficient (Wildman–Crippen LogP) is 3.70. The molecule has 1 rings (SSSR count). The molecular formula is C12H22NS+. The molecule has 80 valence electrons. The number of hydrogen-bond donors (Lipinski definition) is 0. The molecule has 1 nitrogen and oxygen atoms in total. The van der Waals surface area contributed by atoms with Gasteiger partial charge in [-0.1, -0.05) is 43.9 Å². The first-order chi connectivity index (χ1) is 6.84. The van der Waals surface area contributed by atoms with Crippen molar-refractivity contribution < 1.29 is 4.57 Å². The summed E-state index contributed by atoms with van der Waals surface area (Å²) in [6, 6.07) is 0. The maximum atomic E-state index is 2.37. The van der Waals surface area contributed by atoms with Gasteiger partial charge in [0.2, 0.25) is 5.01 Å². The minimum atomic E-state index is 1.21. The van der Waals surface area contributed by atoms with Gasteiger partial charge in [0, 0.05) is 13.3 Å². The first-order valence-electron chi connectivity index (χ1n) is 5.78. The zero-order chi connectivity index (χ0) is 10.2. The zero-order valence-electron chi connectivity index (χ0n) is 9.46. The summed E-state index contributed by atoms with van der Waals surface area (Å²) in [6.45, 7) is 5.67. The summed E-state index contributed by atoms with van der Waals surface area (Å²) in [6.07, 6.45) is 10.5. The molecule has 0 atom stereocenters. The highest BCUT2D eigenvalue weighted by atomic mass is 32.1. The maximum absolute atomic E-state index is 2.37. The van der Waals surface area contributed by atoms with Gasteiger partial charge in [-0.25, -0.2) is 0 Å². The Morgan fingerprint density at radius 3 is 2.50 bits per heavy atom. The van der Waals surface area contributed by atoms with E-state index in [1.165, 1.54) is 50.1 Å². The fourth-order valence-corrected chi connectivity index (χ4v) is 2.36. The number of unbranched alkanes of at least 4 members (excludes halogenated alkanes) is 5. The normalized spacial score (nSPS) is 10.7. The van der Waals surface area contributed by atoms with Gasteiger partial charge in [0.15, 0.2) is 6.20 Å². The molecule has 0 saturated heterocycles. The molecular weight excluding hydrogens is 190 g/mol. The SMILES string of the molecule is CCCCCCCC[n+]1ccsc1C. The molecule has 0 saturated carbocycles. The van der Waals surface area contributed by atoms with Crippen LogP contribution in [0, 0.1) is 6.92 Å². The van der Waals surface area contributed by atoms with Crippen molar-refractivity contribution in [2.45, 2.75) is 58.9 Å². The number of nitrogens with zero attached hydrogens (tertiary/aromatic N) is 1. The van der Waals surface area contributed by atoms with E-state index in [0.29, 0.717) is 0 Å². The second-order valence-corrected chi connectivity index (χ2v) is 4.98. The van der Waals surface area contributed by atoms with Crippen LogP contribution in [-0.4, -0.2) is 0 Å². The Bertz CT molecular complexity index is 242. The monoisotopic (exact) mass is 212 g/mol. The van der Waals surface area contributed by atoms with Crippen LogP contribution in [-0.2, 0) is 6.54 Å². The fourth-order valence-electron chi connectivity index (χ4n) is 1.67. The van der Waals surface area contributed by atoms with Crippen LogP contribution in [0.2, 0.25) is 0 Å². The molecule has 1 aromatic rings.